The second kappa shape index (κ2) is 6.43. The van der Waals surface area contributed by atoms with Crippen molar-refractivity contribution in [3.63, 3.8) is 0 Å². The lowest BCUT2D eigenvalue weighted by molar-refractivity contribution is 0.250. The molecule has 104 valence electrons. The Morgan fingerprint density at radius 2 is 1.65 bits per heavy atom. The lowest BCUT2D eigenvalue weighted by Gasteiger charge is -2.29. The third-order valence-corrected chi connectivity index (χ3v) is 4.54. The minimum atomic E-state index is 0.119. The largest absolute Gasteiger partial charge is 0.299 e. The highest BCUT2D eigenvalue weighted by molar-refractivity contribution is 6.20. The third kappa shape index (κ3) is 3.23. The monoisotopic (exact) mass is 285 g/mol. The van der Waals surface area contributed by atoms with Crippen molar-refractivity contribution < 1.29 is 0 Å². The molecule has 0 saturated heterocycles. The van der Waals surface area contributed by atoms with Crippen LogP contribution in [0.3, 0.4) is 0 Å². The molecular formula is C18H20ClN. The van der Waals surface area contributed by atoms with E-state index in [4.69, 9.17) is 11.6 Å². The zero-order valence-electron chi connectivity index (χ0n) is 11.6. The van der Waals surface area contributed by atoms with Gasteiger partial charge in [-0.05, 0) is 29.5 Å². The predicted octanol–water partition coefficient (Wildman–Crippen LogP) is 4.41. The van der Waals surface area contributed by atoms with Crippen LogP contribution in [0, 0.1) is 0 Å². The molecule has 1 heterocycles. The van der Waals surface area contributed by atoms with Crippen molar-refractivity contribution in [2.45, 2.75) is 24.8 Å². The van der Waals surface area contributed by atoms with Crippen molar-refractivity contribution in [2.24, 2.45) is 0 Å². The van der Waals surface area contributed by atoms with Gasteiger partial charge in [0.1, 0.15) is 0 Å². The number of fused-ring (bicyclic) bond motifs is 1. The zero-order chi connectivity index (χ0) is 13.8. The summed E-state index contributed by atoms with van der Waals surface area (Å²) in [5.41, 5.74) is 4.21. The summed E-state index contributed by atoms with van der Waals surface area (Å²) in [4.78, 5) is 2.51. The van der Waals surface area contributed by atoms with Gasteiger partial charge in [0, 0.05) is 19.6 Å². The molecule has 0 saturated carbocycles. The first-order valence-corrected chi connectivity index (χ1v) is 7.75. The van der Waals surface area contributed by atoms with Gasteiger partial charge in [-0.15, -0.1) is 11.6 Å². The number of rotatable bonds is 4. The number of alkyl halides is 1. The molecule has 0 bridgehead atoms. The molecule has 3 rings (SSSR count). The minimum absolute atomic E-state index is 0.119. The molecule has 0 fully saturated rings. The van der Waals surface area contributed by atoms with E-state index in [0.29, 0.717) is 0 Å². The van der Waals surface area contributed by atoms with Gasteiger partial charge in [0.25, 0.3) is 0 Å². The van der Waals surface area contributed by atoms with Crippen LogP contribution in [0.15, 0.2) is 54.6 Å². The normalized spacial score (nSPS) is 16.6. The zero-order valence-corrected chi connectivity index (χ0v) is 12.4. The van der Waals surface area contributed by atoms with Crippen LogP contribution in [0.25, 0.3) is 0 Å². The van der Waals surface area contributed by atoms with Gasteiger partial charge >= 0.3 is 0 Å². The maximum atomic E-state index is 6.50. The van der Waals surface area contributed by atoms with E-state index in [1.165, 1.54) is 16.7 Å². The quantitative estimate of drug-likeness (QED) is 0.752. The fourth-order valence-electron chi connectivity index (χ4n) is 2.87. The van der Waals surface area contributed by atoms with Gasteiger partial charge in [-0.2, -0.15) is 0 Å². The molecule has 2 heteroatoms. The fourth-order valence-corrected chi connectivity index (χ4v) is 3.11. The van der Waals surface area contributed by atoms with Crippen LogP contribution < -0.4 is 0 Å². The second-order valence-corrected chi connectivity index (χ2v) is 5.99. The van der Waals surface area contributed by atoms with E-state index in [9.17, 15) is 0 Å². The molecule has 1 aliphatic heterocycles. The van der Waals surface area contributed by atoms with Crippen molar-refractivity contribution in [3.8, 4) is 0 Å². The Balaban J connectivity index is 1.55. The van der Waals surface area contributed by atoms with Crippen molar-refractivity contribution in [1.82, 2.24) is 4.90 Å². The highest BCUT2D eigenvalue weighted by Crippen LogP contribution is 2.25. The topological polar surface area (TPSA) is 3.24 Å². The average molecular weight is 286 g/mol. The fraction of sp³-hybridized carbons (Fsp3) is 0.333. The lowest BCUT2D eigenvalue weighted by Crippen LogP contribution is -2.31. The highest BCUT2D eigenvalue weighted by atomic mass is 35.5. The summed E-state index contributed by atoms with van der Waals surface area (Å²) in [6.07, 6.45) is 2.17. The molecule has 1 aliphatic rings. The average Bonchev–Trinajstić information content (AvgIpc) is 2.53. The van der Waals surface area contributed by atoms with Crippen molar-refractivity contribution >= 4 is 11.6 Å². The summed E-state index contributed by atoms with van der Waals surface area (Å²) in [6.45, 7) is 3.28. The first-order valence-electron chi connectivity index (χ1n) is 7.31. The predicted molar refractivity (Wildman–Crippen MR) is 85.1 cm³/mol. The molecule has 0 radical (unpaired) electrons. The summed E-state index contributed by atoms with van der Waals surface area (Å²) < 4.78 is 0. The van der Waals surface area contributed by atoms with Gasteiger partial charge in [0.2, 0.25) is 0 Å². The van der Waals surface area contributed by atoms with Crippen LogP contribution in [-0.4, -0.2) is 18.0 Å². The van der Waals surface area contributed by atoms with Crippen molar-refractivity contribution in [1.29, 1.82) is 0 Å². The van der Waals surface area contributed by atoms with E-state index in [-0.39, 0.29) is 5.38 Å². The molecule has 0 aliphatic carbocycles. The number of halogens is 1. The standard InChI is InChI=1S/C18H20ClN/c19-18(16-7-2-1-3-8-16)11-13-20-12-10-15-6-4-5-9-17(15)14-20/h1-9,18H,10-14H2/t18-/m0/s1. The molecule has 0 aromatic heterocycles. The van der Waals surface area contributed by atoms with Crippen LogP contribution in [0.4, 0.5) is 0 Å². The van der Waals surface area contributed by atoms with Crippen molar-refractivity contribution in [3.05, 3.63) is 71.3 Å². The van der Waals surface area contributed by atoms with E-state index in [0.717, 1.165) is 32.5 Å². The molecule has 2 aromatic rings. The van der Waals surface area contributed by atoms with Crippen LogP contribution >= 0.6 is 11.6 Å². The summed E-state index contributed by atoms with van der Waals surface area (Å²) in [5.74, 6) is 0. The summed E-state index contributed by atoms with van der Waals surface area (Å²) in [6, 6.07) is 19.2. The Morgan fingerprint density at radius 1 is 0.950 bits per heavy atom. The molecule has 0 unspecified atom stereocenters. The second-order valence-electron chi connectivity index (χ2n) is 5.46. The van der Waals surface area contributed by atoms with Gasteiger partial charge < -0.3 is 0 Å². The molecular weight excluding hydrogens is 266 g/mol. The van der Waals surface area contributed by atoms with Crippen LogP contribution in [-0.2, 0) is 13.0 Å². The van der Waals surface area contributed by atoms with Gasteiger partial charge in [-0.1, -0.05) is 54.6 Å². The number of hydrogen-bond donors (Lipinski definition) is 0. The summed E-state index contributed by atoms with van der Waals surface area (Å²) >= 11 is 6.50. The number of nitrogens with zero attached hydrogens (tertiary/aromatic N) is 1. The SMILES string of the molecule is Cl[C@@H](CCN1CCc2ccccc2C1)c1ccccc1. The lowest BCUT2D eigenvalue weighted by atomic mass is 9.99. The van der Waals surface area contributed by atoms with Crippen molar-refractivity contribution in [2.75, 3.05) is 13.1 Å². The Bertz CT molecular complexity index is 552. The Kier molecular flexibility index (Phi) is 4.39. The first-order chi connectivity index (χ1) is 9.83. The maximum Gasteiger partial charge on any atom is 0.0597 e. The molecule has 0 N–H and O–H groups in total. The van der Waals surface area contributed by atoms with Crippen LogP contribution in [0.1, 0.15) is 28.5 Å². The Labute approximate surface area is 126 Å². The van der Waals surface area contributed by atoms with E-state index < -0.39 is 0 Å². The van der Waals surface area contributed by atoms with Gasteiger partial charge in [0.15, 0.2) is 0 Å². The molecule has 0 amide bonds. The first kappa shape index (κ1) is 13.7. The Morgan fingerprint density at radius 3 is 2.45 bits per heavy atom. The smallest absolute Gasteiger partial charge is 0.0597 e. The number of benzene rings is 2. The van der Waals surface area contributed by atoms with Crippen LogP contribution in [0.5, 0.6) is 0 Å². The highest BCUT2D eigenvalue weighted by Gasteiger charge is 2.16. The molecule has 0 spiro atoms. The molecule has 2 aromatic carbocycles. The van der Waals surface area contributed by atoms with Gasteiger partial charge in [0.05, 0.1) is 5.38 Å². The van der Waals surface area contributed by atoms with E-state index in [1.807, 2.05) is 6.07 Å². The third-order valence-electron chi connectivity index (χ3n) is 4.07. The Hall–Kier alpha value is -1.31. The molecule has 1 atom stereocenters. The summed E-state index contributed by atoms with van der Waals surface area (Å²) in [5, 5.41) is 0.119. The maximum absolute atomic E-state index is 6.50. The van der Waals surface area contributed by atoms with E-state index in [1.54, 1.807) is 0 Å². The van der Waals surface area contributed by atoms with Gasteiger partial charge in [-0.3, -0.25) is 4.90 Å². The van der Waals surface area contributed by atoms with Crippen LogP contribution in [0.2, 0.25) is 0 Å². The molecule has 20 heavy (non-hydrogen) atoms. The minimum Gasteiger partial charge on any atom is -0.299 e. The van der Waals surface area contributed by atoms with Gasteiger partial charge in [-0.25, -0.2) is 0 Å². The summed E-state index contributed by atoms with van der Waals surface area (Å²) in [7, 11) is 0. The molecule has 1 nitrogen and oxygen atoms in total. The van der Waals surface area contributed by atoms with E-state index >= 15 is 0 Å². The van der Waals surface area contributed by atoms with E-state index in [2.05, 4.69) is 53.4 Å². The number of hydrogen-bond acceptors (Lipinski definition) is 1.